The molecule has 0 spiro atoms. The number of benzene rings is 2. The average Bonchev–Trinajstić information content (AvgIpc) is 2.75. The molecule has 0 atom stereocenters. The largest absolute Gasteiger partial charge is 0.355 e. The van der Waals surface area contributed by atoms with Gasteiger partial charge in [-0.1, -0.05) is 29.8 Å². The zero-order valence-corrected chi connectivity index (χ0v) is 18.3. The minimum Gasteiger partial charge on any atom is -0.355 e. The Morgan fingerprint density at radius 3 is 2.42 bits per heavy atom. The monoisotopic (exact) mass is 466 g/mol. The van der Waals surface area contributed by atoms with E-state index in [1.54, 1.807) is 12.1 Å². The third-order valence-corrected chi connectivity index (χ3v) is 7.16. The number of nitrogens with zero attached hydrogens (tertiary/aromatic N) is 3. The summed E-state index contributed by atoms with van der Waals surface area (Å²) in [6, 6.07) is 12.5. The number of amides is 1. The van der Waals surface area contributed by atoms with Crippen molar-refractivity contribution in [2.75, 3.05) is 39.3 Å². The number of hydrogen-bond donors (Lipinski definition) is 1. The lowest BCUT2D eigenvalue weighted by atomic mass is 10.1. The van der Waals surface area contributed by atoms with Gasteiger partial charge < -0.3 is 5.32 Å². The molecule has 1 aliphatic heterocycles. The Hall–Kier alpha value is -2.53. The molecule has 1 saturated heterocycles. The lowest BCUT2D eigenvalue weighted by molar-refractivity contribution is -0.385. The molecule has 3 rings (SSSR count). The second-order valence-corrected chi connectivity index (χ2v) is 9.54. The van der Waals surface area contributed by atoms with Crippen LogP contribution in [0.15, 0.2) is 53.4 Å². The van der Waals surface area contributed by atoms with Crippen molar-refractivity contribution in [3.05, 3.63) is 69.2 Å². The van der Waals surface area contributed by atoms with E-state index in [4.69, 9.17) is 11.6 Å². The molecule has 31 heavy (non-hydrogen) atoms. The van der Waals surface area contributed by atoms with Crippen LogP contribution in [0.2, 0.25) is 5.02 Å². The number of nitro groups is 1. The van der Waals surface area contributed by atoms with Gasteiger partial charge in [0.2, 0.25) is 15.9 Å². The number of piperazine rings is 1. The second-order valence-electron chi connectivity index (χ2n) is 7.16. The van der Waals surface area contributed by atoms with Crippen molar-refractivity contribution >= 4 is 33.2 Å². The highest BCUT2D eigenvalue weighted by Crippen LogP contribution is 2.22. The molecule has 1 amide bonds. The Morgan fingerprint density at radius 1 is 1.10 bits per heavy atom. The maximum atomic E-state index is 12.8. The summed E-state index contributed by atoms with van der Waals surface area (Å²) in [5, 5.41) is 14.5. The Labute approximate surface area is 185 Å². The van der Waals surface area contributed by atoms with Gasteiger partial charge in [-0.25, -0.2) is 8.42 Å². The van der Waals surface area contributed by atoms with Gasteiger partial charge in [-0.15, -0.1) is 0 Å². The van der Waals surface area contributed by atoms with E-state index in [-0.39, 0.29) is 36.1 Å². The van der Waals surface area contributed by atoms with Gasteiger partial charge in [-0.2, -0.15) is 4.31 Å². The summed E-state index contributed by atoms with van der Waals surface area (Å²) < 4.78 is 26.9. The van der Waals surface area contributed by atoms with Gasteiger partial charge in [-0.05, 0) is 30.2 Å². The van der Waals surface area contributed by atoms with Crippen LogP contribution in [0.3, 0.4) is 0 Å². The van der Waals surface area contributed by atoms with Crippen LogP contribution >= 0.6 is 11.6 Å². The molecule has 1 fully saturated rings. The first-order valence-corrected chi connectivity index (χ1v) is 11.6. The van der Waals surface area contributed by atoms with E-state index in [9.17, 15) is 23.3 Å². The van der Waals surface area contributed by atoms with Crippen LogP contribution in [-0.4, -0.2) is 67.7 Å². The van der Waals surface area contributed by atoms with Gasteiger partial charge in [0, 0.05) is 49.9 Å². The maximum Gasteiger partial charge on any atom is 0.270 e. The Morgan fingerprint density at radius 2 is 1.77 bits per heavy atom. The van der Waals surface area contributed by atoms with Crippen LogP contribution in [-0.2, 0) is 21.2 Å². The quantitative estimate of drug-likeness (QED) is 0.469. The van der Waals surface area contributed by atoms with Crippen LogP contribution in [0.25, 0.3) is 0 Å². The first kappa shape index (κ1) is 23.1. The van der Waals surface area contributed by atoms with Crippen LogP contribution < -0.4 is 5.32 Å². The number of nitrogens with one attached hydrogen (secondary N) is 1. The third-order valence-electron chi connectivity index (χ3n) is 5.01. The van der Waals surface area contributed by atoms with E-state index in [1.165, 1.54) is 22.5 Å². The SMILES string of the molecule is O=C(CN1CCN(S(=O)(=O)c2cccc([N+](=O)[O-])c2)CC1)NCCc1ccc(Cl)cc1. The van der Waals surface area contributed by atoms with Gasteiger partial charge in [0.25, 0.3) is 5.69 Å². The molecule has 0 saturated carbocycles. The van der Waals surface area contributed by atoms with Crippen molar-refractivity contribution in [1.29, 1.82) is 0 Å². The minimum atomic E-state index is -3.83. The minimum absolute atomic E-state index is 0.102. The first-order valence-electron chi connectivity index (χ1n) is 9.74. The molecule has 1 N–H and O–H groups in total. The van der Waals surface area contributed by atoms with Crippen LogP contribution in [0, 0.1) is 10.1 Å². The van der Waals surface area contributed by atoms with Crippen molar-refractivity contribution in [2.45, 2.75) is 11.3 Å². The fourth-order valence-electron chi connectivity index (χ4n) is 3.29. The zero-order chi connectivity index (χ0) is 22.4. The molecule has 11 heteroatoms. The lowest BCUT2D eigenvalue weighted by Crippen LogP contribution is -2.51. The molecule has 166 valence electrons. The number of carbonyl (C=O) groups is 1. The van der Waals surface area contributed by atoms with E-state index < -0.39 is 14.9 Å². The van der Waals surface area contributed by atoms with Crippen molar-refractivity contribution in [1.82, 2.24) is 14.5 Å². The summed E-state index contributed by atoms with van der Waals surface area (Å²) >= 11 is 5.85. The number of nitro benzene ring substituents is 1. The van der Waals surface area contributed by atoms with Crippen molar-refractivity contribution < 1.29 is 18.1 Å². The first-order chi connectivity index (χ1) is 14.8. The molecular formula is C20H23ClN4O5S. The number of carbonyl (C=O) groups excluding carboxylic acids is 1. The van der Waals surface area contributed by atoms with Gasteiger partial charge in [0.05, 0.1) is 16.4 Å². The van der Waals surface area contributed by atoms with E-state index in [2.05, 4.69) is 5.32 Å². The third kappa shape index (κ3) is 6.23. The molecule has 0 aliphatic carbocycles. The van der Waals surface area contributed by atoms with E-state index in [0.717, 1.165) is 11.6 Å². The fraction of sp³-hybridized carbons (Fsp3) is 0.350. The highest BCUT2D eigenvalue weighted by Gasteiger charge is 2.30. The summed E-state index contributed by atoms with van der Waals surface area (Å²) in [5.41, 5.74) is 0.805. The molecule has 1 aliphatic rings. The van der Waals surface area contributed by atoms with Gasteiger partial charge in [0.1, 0.15) is 0 Å². The van der Waals surface area contributed by atoms with E-state index >= 15 is 0 Å². The molecule has 1 heterocycles. The Bertz CT molecular complexity index is 1040. The van der Waals surface area contributed by atoms with Gasteiger partial charge >= 0.3 is 0 Å². The molecule has 0 aromatic heterocycles. The maximum absolute atomic E-state index is 12.8. The molecule has 2 aromatic rings. The number of halogens is 1. The average molecular weight is 467 g/mol. The molecule has 2 aromatic carbocycles. The van der Waals surface area contributed by atoms with Crippen LogP contribution in [0.5, 0.6) is 0 Å². The highest BCUT2D eigenvalue weighted by atomic mass is 35.5. The number of non-ortho nitro benzene ring substituents is 1. The Kier molecular flexibility index (Phi) is 7.60. The second kappa shape index (κ2) is 10.2. The summed E-state index contributed by atoms with van der Waals surface area (Å²) in [6.45, 7) is 1.91. The smallest absolute Gasteiger partial charge is 0.270 e. The topological polar surface area (TPSA) is 113 Å². The predicted octanol–water partition coefficient (Wildman–Crippen LogP) is 1.91. The predicted molar refractivity (Wildman–Crippen MR) is 116 cm³/mol. The summed E-state index contributed by atoms with van der Waals surface area (Å²) in [4.78, 5) is 24.3. The summed E-state index contributed by atoms with van der Waals surface area (Å²) in [5.74, 6) is -0.121. The zero-order valence-electron chi connectivity index (χ0n) is 16.7. The normalized spacial score (nSPS) is 15.5. The molecule has 0 radical (unpaired) electrons. The van der Waals surface area contributed by atoms with Crippen molar-refractivity contribution in [2.24, 2.45) is 0 Å². The molecular weight excluding hydrogens is 444 g/mol. The summed E-state index contributed by atoms with van der Waals surface area (Å²) in [6.07, 6.45) is 0.693. The number of sulfonamides is 1. The lowest BCUT2D eigenvalue weighted by Gasteiger charge is -2.33. The van der Waals surface area contributed by atoms with Gasteiger partial charge in [-0.3, -0.25) is 19.8 Å². The van der Waals surface area contributed by atoms with Crippen LogP contribution in [0.1, 0.15) is 5.56 Å². The fourth-order valence-corrected chi connectivity index (χ4v) is 4.88. The Balaban J connectivity index is 1.46. The standard InChI is InChI=1S/C20H23ClN4O5S/c21-17-6-4-16(5-7-17)8-9-22-20(26)15-23-10-12-24(13-11-23)31(29,30)19-3-1-2-18(14-19)25(27)28/h1-7,14H,8-13,15H2,(H,22,26). The van der Waals surface area contributed by atoms with E-state index in [1.807, 2.05) is 17.0 Å². The summed E-state index contributed by atoms with van der Waals surface area (Å²) in [7, 11) is -3.83. The van der Waals surface area contributed by atoms with Crippen LogP contribution in [0.4, 0.5) is 5.69 Å². The van der Waals surface area contributed by atoms with Crippen molar-refractivity contribution in [3.63, 3.8) is 0 Å². The van der Waals surface area contributed by atoms with Gasteiger partial charge in [0.15, 0.2) is 0 Å². The molecule has 0 bridgehead atoms. The molecule has 9 nitrogen and oxygen atoms in total. The highest BCUT2D eigenvalue weighted by molar-refractivity contribution is 7.89. The number of hydrogen-bond acceptors (Lipinski definition) is 6. The van der Waals surface area contributed by atoms with E-state index in [0.29, 0.717) is 31.1 Å². The molecule has 0 unspecified atom stereocenters. The number of rotatable bonds is 8. The van der Waals surface area contributed by atoms with Crippen molar-refractivity contribution in [3.8, 4) is 0 Å².